The molecule has 0 radical (unpaired) electrons. The summed E-state index contributed by atoms with van der Waals surface area (Å²) in [6.45, 7) is 5.81. The lowest BCUT2D eigenvalue weighted by molar-refractivity contribution is -0.126. The quantitative estimate of drug-likeness (QED) is 0.870. The molecular weight excluding hydrogens is 316 g/mol. The average molecular weight is 342 g/mol. The van der Waals surface area contributed by atoms with E-state index in [0.717, 1.165) is 41.9 Å². The van der Waals surface area contributed by atoms with E-state index in [0.29, 0.717) is 13.1 Å². The highest BCUT2D eigenvalue weighted by Gasteiger charge is 2.22. The summed E-state index contributed by atoms with van der Waals surface area (Å²) in [7, 11) is 1.92. The largest absolute Gasteiger partial charge is 0.376 e. The maximum absolute atomic E-state index is 12.4. The van der Waals surface area contributed by atoms with Crippen LogP contribution in [-0.4, -0.2) is 53.1 Å². The molecule has 6 nitrogen and oxygen atoms in total. The van der Waals surface area contributed by atoms with Gasteiger partial charge in [-0.2, -0.15) is 0 Å². The van der Waals surface area contributed by atoms with Crippen LogP contribution < -0.4 is 5.32 Å². The minimum Gasteiger partial charge on any atom is -0.376 e. The van der Waals surface area contributed by atoms with Crippen LogP contribution in [0, 0.1) is 6.92 Å². The third-order valence-electron chi connectivity index (χ3n) is 4.80. The Morgan fingerprint density at radius 3 is 2.96 bits per heavy atom. The lowest BCUT2D eigenvalue weighted by atomic mass is 10.2. The number of nitrogens with zero attached hydrogens (tertiary/aromatic N) is 3. The molecule has 1 aromatic heterocycles. The van der Waals surface area contributed by atoms with Gasteiger partial charge in [-0.05, 0) is 39.8 Å². The van der Waals surface area contributed by atoms with Crippen LogP contribution in [0.2, 0.25) is 0 Å². The maximum Gasteiger partial charge on any atom is 0.237 e. The minimum atomic E-state index is -0.253. The summed E-state index contributed by atoms with van der Waals surface area (Å²) >= 11 is 0. The highest BCUT2D eigenvalue weighted by molar-refractivity contribution is 5.81. The average Bonchev–Trinajstić information content (AvgIpc) is 3.12. The van der Waals surface area contributed by atoms with Crippen LogP contribution in [0.15, 0.2) is 24.3 Å². The molecule has 0 bridgehead atoms. The summed E-state index contributed by atoms with van der Waals surface area (Å²) in [4.78, 5) is 23.5. The van der Waals surface area contributed by atoms with Crippen molar-refractivity contribution in [2.45, 2.75) is 45.4 Å². The number of ether oxygens (including phenoxy) is 1. The van der Waals surface area contributed by atoms with Gasteiger partial charge in [0, 0.05) is 24.2 Å². The molecule has 2 atom stereocenters. The van der Waals surface area contributed by atoms with Crippen LogP contribution in [0.3, 0.4) is 0 Å². The number of benzene rings is 1. The van der Waals surface area contributed by atoms with Gasteiger partial charge in [0.05, 0.1) is 24.2 Å². The topological polar surface area (TPSA) is 67.4 Å². The Morgan fingerprint density at radius 2 is 2.20 bits per heavy atom. The van der Waals surface area contributed by atoms with Gasteiger partial charge in [0.2, 0.25) is 5.91 Å². The first-order chi connectivity index (χ1) is 12.0. The standard InChI is InChI=1S/C19H26N4O2/c1-13-16-8-4-5-9-17(16)22-18(21-13)12-23(3)14(2)19(24)20-11-15-7-6-10-25-15/h4-5,8-9,14-15H,6-7,10-12H2,1-3H3,(H,20,24)/t14-,15+/m1/s1. The summed E-state index contributed by atoms with van der Waals surface area (Å²) in [5, 5.41) is 4.05. The number of nitrogens with one attached hydrogen (secondary N) is 1. The number of aromatic nitrogens is 2. The zero-order chi connectivity index (χ0) is 17.8. The number of carbonyl (C=O) groups is 1. The second-order valence-corrected chi connectivity index (χ2v) is 6.71. The predicted octanol–water partition coefficient (Wildman–Crippen LogP) is 2.05. The molecule has 1 aliphatic heterocycles. The number of likely N-dealkylation sites (N-methyl/N-ethyl adjacent to an activating group) is 1. The van der Waals surface area contributed by atoms with Crippen molar-refractivity contribution >= 4 is 16.8 Å². The number of fused-ring (bicyclic) bond motifs is 1. The van der Waals surface area contributed by atoms with Crippen molar-refractivity contribution in [3.8, 4) is 0 Å². The smallest absolute Gasteiger partial charge is 0.237 e. The van der Waals surface area contributed by atoms with Gasteiger partial charge in [0.15, 0.2) is 0 Å². The molecule has 1 fully saturated rings. The number of rotatable bonds is 6. The lowest BCUT2D eigenvalue weighted by Gasteiger charge is -2.24. The predicted molar refractivity (Wildman–Crippen MR) is 97.2 cm³/mol. The molecule has 1 aliphatic rings. The third kappa shape index (κ3) is 4.32. The second-order valence-electron chi connectivity index (χ2n) is 6.71. The molecule has 0 saturated carbocycles. The fourth-order valence-corrected chi connectivity index (χ4v) is 3.09. The van der Waals surface area contributed by atoms with Gasteiger partial charge in [-0.25, -0.2) is 9.97 Å². The van der Waals surface area contributed by atoms with Gasteiger partial charge in [0.1, 0.15) is 5.82 Å². The van der Waals surface area contributed by atoms with E-state index in [4.69, 9.17) is 4.74 Å². The summed E-state index contributed by atoms with van der Waals surface area (Å²) in [5.74, 6) is 0.744. The van der Waals surface area contributed by atoms with Crippen molar-refractivity contribution in [3.63, 3.8) is 0 Å². The summed E-state index contributed by atoms with van der Waals surface area (Å²) in [5.41, 5.74) is 1.90. The van der Waals surface area contributed by atoms with E-state index in [1.807, 2.05) is 50.1 Å². The first kappa shape index (κ1) is 17.8. The molecule has 0 spiro atoms. The summed E-state index contributed by atoms with van der Waals surface area (Å²) < 4.78 is 5.54. The molecule has 2 heterocycles. The van der Waals surface area contributed by atoms with Crippen molar-refractivity contribution in [1.29, 1.82) is 0 Å². The molecule has 1 aromatic carbocycles. The molecule has 0 unspecified atom stereocenters. The Hall–Kier alpha value is -2.05. The third-order valence-corrected chi connectivity index (χ3v) is 4.80. The molecule has 2 aromatic rings. The van der Waals surface area contributed by atoms with Crippen LogP contribution in [-0.2, 0) is 16.1 Å². The van der Waals surface area contributed by atoms with Gasteiger partial charge in [0.25, 0.3) is 0 Å². The number of hydrogen-bond donors (Lipinski definition) is 1. The number of aryl methyl sites for hydroxylation is 1. The molecule has 1 N–H and O–H groups in total. The van der Waals surface area contributed by atoms with E-state index in [1.165, 1.54) is 0 Å². The van der Waals surface area contributed by atoms with Crippen LogP contribution in [0.5, 0.6) is 0 Å². The maximum atomic E-state index is 12.4. The van der Waals surface area contributed by atoms with Gasteiger partial charge in [-0.1, -0.05) is 18.2 Å². The number of amides is 1. The Balaban J connectivity index is 1.60. The van der Waals surface area contributed by atoms with Crippen molar-refractivity contribution in [3.05, 3.63) is 35.8 Å². The molecule has 1 saturated heterocycles. The fourth-order valence-electron chi connectivity index (χ4n) is 3.09. The molecule has 1 amide bonds. The molecular formula is C19H26N4O2. The van der Waals surface area contributed by atoms with Crippen LogP contribution in [0.1, 0.15) is 31.3 Å². The van der Waals surface area contributed by atoms with Crippen LogP contribution in [0.4, 0.5) is 0 Å². The van der Waals surface area contributed by atoms with Crippen molar-refractivity contribution in [2.24, 2.45) is 0 Å². The van der Waals surface area contributed by atoms with E-state index in [9.17, 15) is 4.79 Å². The van der Waals surface area contributed by atoms with Gasteiger partial charge in [-0.3, -0.25) is 9.69 Å². The normalized spacial score (nSPS) is 18.6. The first-order valence-corrected chi connectivity index (χ1v) is 8.86. The Kier molecular flexibility index (Phi) is 5.60. The zero-order valence-corrected chi connectivity index (χ0v) is 15.2. The molecule has 3 rings (SSSR count). The molecule has 134 valence electrons. The monoisotopic (exact) mass is 342 g/mol. The Labute approximate surface area is 148 Å². The summed E-state index contributed by atoms with van der Waals surface area (Å²) in [6, 6.07) is 7.73. The van der Waals surface area contributed by atoms with Crippen molar-refractivity contribution < 1.29 is 9.53 Å². The number of para-hydroxylation sites is 1. The van der Waals surface area contributed by atoms with Crippen molar-refractivity contribution in [2.75, 3.05) is 20.2 Å². The van der Waals surface area contributed by atoms with Gasteiger partial charge >= 0.3 is 0 Å². The highest BCUT2D eigenvalue weighted by Crippen LogP contribution is 2.15. The van der Waals surface area contributed by atoms with E-state index in [1.54, 1.807) is 0 Å². The van der Waals surface area contributed by atoms with Crippen LogP contribution >= 0.6 is 0 Å². The Morgan fingerprint density at radius 1 is 1.40 bits per heavy atom. The molecule has 25 heavy (non-hydrogen) atoms. The minimum absolute atomic E-state index is 0.00973. The SMILES string of the molecule is Cc1nc(CN(C)[C@H](C)C(=O)NC[C@@H]2CCCO2)nc2ccccc12. The second kappa shape index (κ2) is 7.89. The Bertz CT molecular complexity index is 743. The van der Waals surface area contributed by atoms with E-state index >= 15 is 0 Å². The van der Waals surface area contributed by atoms with E-state index < -0.39 is 0 Å². The lowest BCUT2D eigenvalue weighted by Crippen LogP contribution is -2.45. The van der Waals surface area contributed by atoms with Gasteiger partial charge in [-0.15, -0.1) is 0 Å². The first-order valence-electron chi connectivity index (χ1n) is 8.86. The number of hydrogen-bond acceptors (Lipinski definition) is 5. The van der Waals surface area contributed by atoms with E-state index in [-0.39, 0.29) is 18.1 Å². The fraction of sp³-hybridized carbons (Fsp3) is 0.526. The van der Waals surface area contributed by atoms with Crippen LogP contribution in [0.25, 0.3) is 10.9 Å². The van der Waals surface area contributed by atoms with Gasteiger partial charge < -0.3 is 10.1 Å². The zero-order valence-electron chi connectivity index (χ0n) is 15.2. The molecule has 0 aliphatic carbocycles. The highest BCUT2D eigenvalue weighted by atomic mass is 16.5. The van der Waals surface area contributed by atoms with E-state index in [2.05, 4.69) is 15.3 Å². The summed E-state index contributed by atoms with van der Waals surface area (Å²) in [6.07, 6.45) is 2.26. The molecule has 6 heteroatoms. The van der Waals surface area contributed by atoms with Crippen molar-refractivity contribution in [1.82, 2.24) is 20.2 Å². The number of carbonyl (C=O) groups excluding carboxylic acids is 1.